The average Bonchev–Trinajstić information content (AvgIpc) is 2.42. The molecule has 0 heterocycles. The second-order valence-electron chi connectivity index (χ2n) is 7.55. The van der Waals surface area contributed by atoms with Gasteiger partial charge in [0, 0.05) is 16.6 Å². The van der Waals surface area contributed by atoms with Crippen molar-refractivity contribution in [3.8, 4) is 0 Å². The molecule has 1 aliphatic rings. The zero-order chi connectivity index (χ0) is 15.6. The molecule has 0 radical (unpaired) electrons. The van der Waals surface area contributed by atoms with E-state index in [1.807, 2.05) is 0 Å². The minimum Gasteiger partial charge on any atom is -0.327 e. The van der Waals surface area contributed by atoms with E-state index in [0.717, 1.165) is 18.8 Å². The van der Waals surface area contributed by atoms with Gasteiger partial charge >= 0.3 is 0 Å². The largest absolute Gasteiger partial charge is 0.327 e. The number of nitrogens with two attached hydrogens (primary N) is 1. The highest BCUT2D eigenvalue weighted by Gasteiger charge is 2.32. The summed E-state index contributed by atoms with van der Waals surface area (Å²) in [5.74, 6) is 1.03. The van der Waals surface area contributed by atoms with Crippen LogP contribution < -0.4 is 5.73 Å². The van der Waals surface area contributed by atoms with Crippen LogP contribution in [0, 0.1) is 23.1 Å². The zero-order valence-corrected chi connectivity index (χ0v) is 14.1. The first-order valence-electron chi connectivity index (χ1n) is 7.97. The summed E-state index contributed by atoms with van der Waals surface area (Å²) in [5.41, 5.74) is 7.30. The summed E-state index contributed by atoms with van der Waals surface area (Å²) < 4.78 is 13.9. The highest BCUT2D eigenvalue weighted by atomic mass is 35.5. The van der Waals surface area contributed by atoms with Gasteiger partial charge in [0.2, 0.25) is 0 Å². The van der Waals surface area contributed by atoms with Crippen molar-refractivity contribution in [2.45, 2.75) is 58.9 Å². The maximum atomic E-state index is 13.9. The predicted octanol–water partition coefficient (Wildman–Crippen LogP) is 5.20. The Balaban J connectivity index is 1.95. The third kappa shape index (κ3) is 4.20. The quantitative estimate of drug-likeness (QED) is 0.815. The van der Waals surface area contributed by atoms with Crippen LogP contribution in [0.1, 0.15) is 52.0 Å². The molecule has 1 aromatic rings. The Morgan fingerprint density at radius 2 is 1.86 bits per heavy atom. The summed E-state index contributed by atoms with van der Waals surface area (Å²) in [6.45, 7) is 6.95. The second-order valence-corrected chi connectivity index (χ2v) is 7.95. The zero-order valence-electron chi connectivity index (χ0n) is 13.3. The molecule has 2 rings (SSSR count). The molecule has 21 heavy (non-hydrogen) atoms. The molecular weight excluding hydrogens is 285 g/mol. The average molecular weight is 312 g/mol. The monoisotopic (exact) mass is 311 g/mol. The number of benzene rings is 1. The van der Waals surface area contributed by atoms with Gasteiger partial charge in [0.1, 0.15) is 5.82 Å². The molecule has 1 nitrogen and oxygen atoms in total. The fourth-order valence-corrected chi connectivity index (χ4v) is 3.78. The van der Waals surface area contributed by atoms with Gasteiger partial charge in [-0.2, -0.15) is 0 Å². The molecule has 1 saturated carbocycles. The first-order valence-corrected chi connectivity index (χ1v) is 8.35. The molecule has 1 aliphatic carbocycles. The van der Waals surface area contributed by atoms with E-state index in [9.17, 15) is 4.39 Å². The minimum absolute atomic E-state index is 0.000295. The van der Waals surface area contributed by atoms with Crippen LogP contribution in [0.15, 0.2) is 18.2 Å². The number of rotatable bonds is 3. The van der Waals surface area contributed by atoms with E-state index >= 15 is 0 Å². The molecular formula is C18H27ClFN. The van der Waals surface area contributed by atoms with Gasteiger partial charge in [0.25, 0.3) is 0 Å². The molecule has 0 aliphatic heterocycles. The summed E-state index contributed by atoms with van der Waals surface area (Å²) in [6.07, 6.45) is 5.29. The van der Waals surface area contributed by atoms with E-state index in [4.69, 9.17) is 17.3 Å². The van der Waals surface area contributed by atoms with E-state index < -0.39 is 0 Å². The van der Waals surface area contributed by atoms with Crippen molar-refractivity contribution >= 4 is 11.6 Å². The molecule has 3 heteroatoms. The minimum atomic E-state index is -0.235. The van der Waals surface area contributed by atoms with Gasteiger partial charge in [-0.05, 0) is 61.5 Å². The molecule has 0 aromatic heterocycles. The number of halogens is 2. The van der Waals surface area contributed by atoms with Crippen molar-refractivity contribution < 1.29 is 4.39 Å². The number of hydrogen-bond donors (Lipinski definition) is 1. The van der Waals surface area contributed by atoms with Crippen LogP contribution in [0.4, 0.5) is 4.39 Å². The Labute approximate surface area is 133 Å². The summed E-state index contributed by atoms with van der Waals surface area (Å²) in [4.78, 5) is 0. The topological polar surface area (TPSA) is 26.0 Å². The Kier molecular flexibility index (Phi) is 5.32. The molecule has 1 aromatic carbocycles. The Hall–Kier alpha value is -0.600. The van der Waals surface area contributed by atoms with Crippen LogP contribution in [0.25, 0.3) is 0 Å². The summed E-state index contributed by atoms with van der Waals surface area (Å²) in [7, 11) is 0. The molecule has 1 fully saturated rings. The van der Waals surface area contributed by atoms with Crippen LogP contribution >= 0.6 is 11.6 Å². The van der Waals surface area contributed by atoms with Crippen LogP contribution in [0.2, 0.25) is 5.02 Å². The third-order valence-electron chi connectivity index (χ3n) is 5.10. The molecule has 2 N–H and O–H groups in total. The van der Waals surface area contributed by atoms with Crippen LogP contribution in [0.3, 0.4) is 0 Å². The third-order valence-corrected chi connectivity index (χ3v) is 5.46. The van der Waals surface area contributed by atoms with Gasteiger partial charge in [0.15, 0.2) is 0 Å². The van der Waals surface area contributed by atoms with E-state index in [1.165, 1.54) is 18.9 Å². The van der Waals surface area contributed by atoms with E-state index in [0.29, 0.717) is 28.3 Å². The standard InChI is InChI=1S/C18H27ClFN/c1-18(2,3)13-9-7-12(8-10-13)17(21)11-14-15(19)5-4-6-16(14)20/h4-6,12-13,17H,7-11,21H2,1-3H3. The lowest BCUT2D eigenvalue weighted by atomic mass is 9.68. The van der Waals surface area contributed by atoms with E-state index in [-0.39, 0.29) is 11.9 Å². The smallest absolute Gasteiger partial charge is 0.127 e. The van der Waals surface area contributed by atoms with Crippen LogP contribution in [0.5, 0.6) is 0 Å². The van der Waals surface area contributed by atoms with E-state index in [2.05, 4.69) is 20.8 Å². The SMILES string of the molecule is CC(C)(C)C1CCC(C(N)Cc2c(F)cccc2Cl)CC1. The maximum absolute atomic E-state index is 13.9. The molecule has 0 amide bonds. The van der Waals surface area contributed by atoms with Crippen molar-refractivity contribution in [2.24, 2.45) is 23.0 Å². The van der Waals surface area contributed by atoms with Gasteiger partial charge in [-0.3, -0.25) is 0 Å². The van der Waals surface area contributed by atoms with Crippen LogP contribution in [-0.4, -0.2) is 6.04 Å². The van der Waals surface area contributed by atoms with E-state index in [1.54, 1.807) is 12.1 Å². The molecule has 1 atom stereocenters. The first-order chi connectivity index (χ1) is 9.79. The number of hydrogen-bond acceptors (Lipinski definition) is 1. The Bertz CT molecular complexity index is 452. The van der Waals surface area contributed by atoms with Gasteiger partial charge in [-0.1, -0.05) is 38.4 Å². The molecule has 118 valence electrons. The van der Waals surface area contributed by atoms with Crippen molar-refractivity contribution in [3.63, 3.8) is 0 Å². The highest BCUT2D eigenvalue weighted by Crippen LogP contribution is 2.41. The fraction of sp³-hybridized carbons (Fsp3) is 0.667. The Morgan fingerprint density at radius 3 is 2.38 bits per heavy atom. The van der Waals surface area contributed by atoms with Gasteiger partial charge in [0.05, 0.1) is 0 Å². The molecule has 0 spiro atoms. The van der Waals surface area contributed by atoms with Crippen molar-refractivity contribution in [1.82, 2.24) is 0 Å². The second kappa shape index (κ2) is 6.66. The van der Waals surface area contributed by atoms with Gasteiger partial charge < -0.3 is 5.73 Å². The van der Waals surface area contributed by atoms with Crippen molar-refractivity contribution in [3.05, 3.63) is 34.6 Å². The predicted molar refractivity (Wildman–Crippen MR) is 88.0 cm³/mol. The van der Waals surface area contributed by atoms with Gasteiger partial charge in [-0.15, -0.1) is 0 Å². The van der Waals surface area contributed by atoms with Crippen molar-refractivity contribution in [2.75, 3.05) is 0 Å². The molecule has 1 unspecified atom stereocenters. The van der Waals surface area contributed by atoms with Crippen molar-refractivity contribution in [1.29, 1.82) is 0 Å². The highest BCUT2D eigenvalue weighted by molar-refractivity contribution is 6.31. The normalized spacial score (nSPS) is 24.9. The van der Waals surface area contributed by atoms with Crippen LogP contribution in [-0.2, 0) is 6.42 Å². The molecule has 0 bridgehead atoms. The summed E-state index contributed by atoms with van der Waals surface area (Å²) in [6, 6.07) is 4.84. The first kappa shape index (κ1) is 16.8. The van der Waals surface area contributed by atoms with Gasteiger partial charge in [-0.25, -0.2) is 4.39 Å². The fourth-order valence-electron chi connectivity index (χ4n) is 3.54. The maximum Gasteiger partial charge on any atom is 0.127 e. The summed E-state index contributed by atoms with van der Waals surface area (Å²) in [5, 5.41) is 0.494. The summed E-state index contributed by atoms with van der Waals surface area (Å²) >= 11 is 6.10. The lowest BCUT2D eigenvalue weighted by molar-refractivity contribution is 0.139. The Morgan fingerprint density at radius 1 is 1.24 bits per heavy atom. The lowest BCUT2D eigenvalue weighted by Crippen LogP contribution is -2.37. The molecule has 0 saturated heterocycles. The lowest BCUT2D eigenvalue weighted by Gasteiger charge is -2.38.